The first-order valence-electron chi connectivity index (χ1n) is 6.15. The topological polar surface area (TPSA) is 61.5 Å². The van der Waals surface area contributed by atoms with Crippen molar-refractivity contribution in [1.82, 2.24) is 0 Å². The van der Waals surface area contributed by atoms with Crippen LogP contribution in [0.15, 0.2) is 0 Å². The fourth-order valence-corrected chi connectivity index (χ4v) is 2.02. The summed E-state index contributed by atoms with van der Waals surface area (Å²) < 4.78 is 10.1. The number of methoxy groups -OCH3 is 1. The number of carbonyl (C=O) groups is 1. The summed E-state index contributed by atoms with van der Waals surface area (Å²) in [7, 11) is 1.60. The van der Waals surface area contributed by atoms with Gasteiger partial charge in [-0.2, -0.15) is 0 Å². The van der Waals surface area contributed by atoms with Crippen LogP contribution in [-0.2, 0) is 14.3 Å². The van der Waals surface area contributed by atoms with E-state index in [2.05, 4.69) is 0 Å². The molecule has 0 aromatic rings. The van der Waals surface area contributed by atoms with Crippen LogP contribution in [0.3, 0.4) is 0 Å². The molecule has 0 aliphatic heterocycles. The zero-order valence-electron chi connectivity index (χ0n) is 10.1. The maximum Gasteiger partial charge on any atom is 0.323 e. The van der Waals surface area contributed by atoms with E-state index in [9.17, 15) is 4.79 Å². The first kappa shape index (κ1) is 13.5. The maximum absolute atomic E-state index is 11.5. The van der Waals surface area contributed by atoms with Gasteiger partial charge in [-0.1, -0.05) is 19.3 Å². The minimum Gasteiger partial charge on any atom is -0.464 e. The van der Waals surface area contributed by atoms with Gasteiger partial charge >= 0.3 is 5.97 Å². The molecule has 1 saturated carbocycles. The molecule has 1 unspecified atom stereocenters. The second-order valence-corrected chi connectivity index (χ2v) is 4.52. The highest BCUT2D eigenvalue weighted by Gasteiger charge is 2.18. The summed E-state index contributed by atoms with van der Waals surface area (Å²) in [5, 5.41) is 0. The molecule has 0 radical (unpaired) electrons. The lowest BCUT2D eigenvalue weighted by Crippen LogP contribution is -2.34. The lowest BCUT2D eigenvalue weighted by molar-refractivity contribution is -0.147. The average molecular weight is 229 g/mol. The van der Waals surface area contributed by atoms with Crippen LogP contribution in [-0.4, -0.2) is 32.3 Å². The normalized spacial score (nSPS) is 19.4. The molecule has 0 heterocycles. The number of esters is 1. The van der Waals surface area contributed by atoms with E-state index in [1.54, 1.807) is 7.11 Å². The summed E-state index contributed by atoms with van der Waals surface area (Å²) in [6, 6.07) is -0.538. The lowest BCUT2D eigenvalue weighted by Gasteiger charge is -2.21. The SMILES string of the molecule is COCCC(N)C(=O)OCC1CCCCC1. The Balaban J connectivity index is 2.12. The Kier molecular flexibility index (Phi) is 6.42. The second kappa shape index (κ2) is 7.63. The first-order valence-corrected chi connectivity index (χ1v) is 6.15. The standard InChI is InChI=1S/C12H23NO3/c1-15-8-7-11(13)12(14)16-9-10-5-3-2-4-6-10/h10-11H,2-9,13H2,1H3. The van der Waals surface area contributed by atoms with E-state index in [1.165, 1.54) is 32.1 Å². The van der Waals surface area contributed by atoms with Gasteiger partial charge in [0.2, 0.25) is 0 Å². The number of rotatable bonds is 6. The van der Waals surface area contributed by atoms with Crippen LogP contribution >= 0.6 is 0 Å². The monoisotopic (exact) mass is 229 g/mol. The van der Waals surface area contributed by atoms with Gasteiger partial charge in [-0.25, -0.2) is 0 Å². The van der Waals surface area contributed by atoms with Gasteiger partial charge in [0.1, 0.15) is 6.04 Å². The smallest absolute Gasteiger partial charge is 0.323 e. The van der Waals surface area contributed by atoms with Crippen LogP contribution in [0.2, 0.25) is 0 Å². The van der Waals surface area contributed by atoms with Crippen molar-refractivity contribution in [3.05, 3.63) is 0 Å². The molecule has 94 valence electrons. The molecular formula is C12H23NO3. The predicted molar refractivity (Wildman–Crippen MR) is 62.0 cm³/mol. The molecule has 0 saturated heterocycles. The zero-order valence-corrected chi connectivity index (χ0v) is 10.1. The summed E-state index contributed by atoms with van der Waals surface area (Å²) in [5.74, 6) is 0.259. The van der Waals surface area contributed by atoms with Gasteiger partial charge in [-0.3, -0.25) is 4.79 Å². The van der Waals surface area contributed by atoms with Gasteiger partial charge in [0.05, 0.1) is 6.61 Å². The van der Waals surface area contributed by atoms with Gasteiger partial charge in [0.25, 0.3) is 0 Å². The van der Waals surface area contributed by atoms with Crippen molar-refractivity contribution in [2.75, 3.05) is 20.3 Å². The van der Waals surface area contributed by atoms with E-state index in [4.69, 9.17) is 15.2 Å². The van der Waals surface area contributed by atoms with E-state index in [0.717, 1.165) is 0 Å². The number of carbonyl (C=O) groups excluding carboxylic acids is 1. The Morgan fingerprint density at radius 2 is 2.06 bits per heavy atom. The Morgan fingerprint density at radius 3 is 2.69 bits per heavy atom. The Bertz CT molecular complexity index is 202. The van der Waals surface area contributed by atoms with Crippen LogP contribution in [0.25, 0.3) is 0 Å². The highest BCUT2D eigenvalue weighted by atomic mass is 16.5. The summed E-state index contributed by atoms with van der Waals surface area (Å²) in [6.07, 6.45) is 6.73. The van der Waals surface area contributed by atoms with Crippen molar-refractivity contribution in [3.63, 3.8) is 0 Å². The summed E-state index contributed by atoms with van der Waals surface area (Å²) in [6.45, 7) is 1.04. The first-order chi connectivity index (χ1) is 7.74. The molecule has 1 aliphatic carbocycles. The molecule has 0 aromatic carbocycles. The molecule has 1 rings (SSSR count). The summed E-state index contributed by atoms with van der Waals surface area (Å²) in [5.41, 5.74) is 5.66. The number of nitrogens with two attached hydrogens (primary N) is 1. The van der Waals surface area contributed by atoms with Crippen molar-refractivity contribution in [2.45, 2.75) is 44.6 Å². The van der Waals surface area contributed by atoms with Crippen LogP contribution in [0, 0.1) is 5.92 Å². The predicted octanol–water partition coefficient (Wildman–Crippen LogP) is 1.47. The molecule has 0 amide bonds. The third-order valence-corrected chi connectivity index (χ3v) is 3.12. The molecule has 1 aliphatic rings. The van der Waals surface area contributed by atoms with Gasteiger partial charge in [0.15, 0.2) is 0 Å². The van der Waals surface area contributed by atoms with Crippen LogP contribution in [0.5, 0.6) is 0 Å². The maximum atomic E-state index is 11.5. The molecule has 1 atom stereocenters. The highest BCUT2D eigenvalue weighted by Crippen LogP contribution is 2.23. The zero-order chi connectivity index (χ0) is 11.8. The third kappa shape index (κ3) is 4.94. The quantitative estimate of drug-likeness (QED) is 0.701. The Hall–Kier alpha value is -0.610. The van der Waals surface area contributed by atoms with Crippen molar-refractivity contribution in [3.8, 4) is 0 Å². The van der Waals surface area contributed by atoms with Crippen molar-refractivity contribution in [1.29, 1.82) is 0 Å². The molecule has 0 aromatic heterocycles. The van der Waals surface area contributed by atoms with Gasteiger partial charge in [-0.05, 0) is 25.2 Å². The number of hydrogen-bond donors (Lipinski definition) is 1. The van der Waals surface area contributed by atoms with E-state index in [0.29, 0.717) is 25.6 Å². The van der Waals surface area contributed by atoms with Gasteiger partial charge in [-0.15, -0.1) is 0 Å². The summed E-state index contributed by atoms with van der Waals surface area (Å²) in [4.78, 5) is 11.5. The Labute approximate surface area is 97.5 Å². The molecule has 4 nitrogen and oxygen atoms in total. The summed E-state index contributed by atoms with van der Waals surface area (Å²) >= 11 is 0. The molecule has 0 spiro atoms. The van der Waals surface area contributed by atoms with E-state index < -0.39 is 6.04 Å². The van der Waals surface area contributed by atoms with Crippen LogP contribution in [0.1, 0.15) is 38.5 Å². The van der Waals surface area contributed by atoms with Gasteiger partial charge < -0.3 is 15.2 Å². The van der Waals surface area contributed by atoms with Crippen molar-refractivity contribution in [2.24, 2.45) is 11.7 Å². The van der Waals surface area contributed by atoms with Crippen LogP contribution < -0.4 is 5.73 Å². The highest BCUT2D eigenvalue weighted by molar-refractivity contribution is 5.75. The second-order valence-electron chi connectivity index (χ2n) is 4.52. The molecule has 1 fully saturated rings. The largest absolute Gasteiger partial charge is 0.464 e. The van der Waals surface area contributed by atoms with E-state index in [1.807, 2.05) is 0 Å². The van der Waals surface area contributed by atoms with Crippen LogP contribution in [0.4, 0.5) is 0 Å². The minimum atomic E-state index is -0.538. The van der Waals surface area contributed by atoms with Crippen molar-refractivity contribution < 1.29 is 14.3 Å². The molecular weight excluding hydrogens is 206 g/mol. The van der Waals surface area contributed by atoms with Crippen molar-refractivity contribution >= 4 is 5.97 Å². The Morgan fingerprint density at radius 1 is 1.38 bits per heavy atom. The number of ether oxygens (including phenoxy) is 2. The third-order valence-electron chi connectivity index (χ3n) is 3.12. The molecule has 16 heavy (non-hydrogen) atoms. The number of hydrogen-bond acceptors (Lipinski definition) is 4. The van der Waals surface area contributed by atoms with E-state index in [-0.39, 0.29) is 5.97 Å². The van der Waals surface area contributed by atoms with Gasteiger partial charge in [0, 0.05) is 13.7 Å². The molecule has 0 bridgehead atoms. The van der Waals surface area contributed by atoms with E-state index >= 15 is 0 Å². The molecule has 4 heteroatoms. The minimum absolute atomic E-state index is 0.289. The average Bonchev–Trinajstić information content (AvgIpc) is 2.34. The fraction of sp³-hybridized carbons (Fsp3) is 0.917. The lowest BCUT2D eigenvalue weighted by atomic mass is 9.90. The fourth-order valence-electron chi connectivity index (χ4n) is 2.02. The molecule has 2 N–H and O–H groups in total.